The molecule has 21 heavy (non-hydrogen) atoms. The van der Waals surface area contributed by atoms with Gasteiger partial charge in [0.05, 0.1) is 13.2 Å². The van der Waals surface area contributed by atoms with E-state index in [1.165, 1.54) is 22.0 Å². The summed E-state index contributed by atoms with van der Waals surface area (Å²) in [6.07, 6.45) is 0. The Labute approximate surface area is 124 Å². The lowest BCUT2D eigenvalue weighted by atomic mass is 10.1. The van der Waals surface area contributed by atoms with Crippen LogP contribution in [-0.4, -0.2) is 13.7 Å². The second-order valence-corrected chi connectivity index (χ2v) is 5.47. The Morgan fingerprint density at radius 1 is 0.905 bits per heavy atom. The summed E-state index contributed by atoms with van der Waals surface area (Å²) in [4.78, 5) is 2.41. The lowest BCUT2D eigenvalue weighted by Gasteiger charge is -2.08. The fourth-order valence-corrected chi connectivity index (χ4v) is 2.90. The summed E-state index contributed by atoms with van der Waals surface area (Å²) in [5.74, 6) is 0.905. The van der Waals surface area contributed by atoms with Crippen LogP contribution < -0.4 is 9.64 Å². The standard InChI is InChI=1S/C19H17NO/c1-21-18-10-8-17(9-11-18)20-13-19(20)16-7-6-14-4-2-3-5-15(14)12-16/h2-12,19H,13H2,1H3/t19-,20?/m0/s1. The second kappa shape index (κ2) is 4.81. The highest BCUT2D eigenvalue weighted by Gasteiger charge is 2.35. The van der Waals surface area contributed by atoms with Crippen LogP contribution in [0.1, 0.15) is 11.6 Å². The van der Waals surface area contributed by atoms with Gasteiger partial charge in [-0.2, -0.15) is 0 Å². The Morgan fingerprint density at radius 3 is 2.43 bits per heavy atom. The third-order valence-corrected chi connectivity index (χ3v) is 4.17. The van der Waals surface area contributed by atoms with Gasteiger partial charge in [-0.15, -0.1) is 0 Å². The van der Waals surface area contributed by atoms with E-state index in [2.05, 4.69) is 59.5 Å². The van der Waals surface area contributed by atoms with E-state index in [1.807, 2.05) is 12.1 Å². The molecule has 1 atom stereocenters. The SMILES string of the molecule is COc1ccc(N2C[C@H]2c2ccc3ccccc3c2)cc1. The van der Waals surface area contributed by atoms with Gasteiger partial charge in [-0.3, -0.25) is 0 Å². The first-order chi connectivity index (χ1) is 10.3. The first-order valence-electron chi connectivity index (χ1n) is 7.24. The topological polar surface area (TPSA) is 12.2 Å². The normalized spacial score (nSPS) is 17.0. The van der Waals surface area contributed by atoms with Crippen molar-refractivity contribution in [3.63, 3.8) is 0 Å². The fourth-order valence-electron chi connectivity index (χ4n) is 2.90. The van der Waals surface area contributed by atoms with Crippen molar-refractivity contribution < 1.29 is 4.74 Å². The van der Waals surface area contributed by atoms with Crippen molar-refractivity contribution in [1.29, 1.82) is 0 Å². The van der Waals surface area contributed by atoms with Gasteiger partial charge in [0, 0.05) is 12.2 Å². The zero-order chi connectivity index (χ0) is 14.2. The minimum absolute atomic E-state index is 0.503. The second-order valence-electron chi connectivity index (χ2n) is 5.47. The molecule has 4 rings (SSSR count). The van der Waals surface area contributed by atoms with Gasteiger partial charge < -0.3 is 9.64 Å². The molecule has 0 unspecified atom stereocenters. The Bertz CT molecular complexity index is 779. The lowest BCUT2D eigenvalue weighted by Crippen LogP contribution is -1.94. The number of hydrogen-bond donors (Lipinski definition) is 0. The summed E-state index contributed by atoms with van der Waals surface area (Å²) in [6.45, 7) is 1.09. The molecule has 0 amide bonds. The molecule has 1 aliphatic rings. The lowest BCUT2D eigenvalue weighted by molar-refractivity contribution is 0.415. The van der Waals surface area contributed by atoms with Crippen LogP contribution in [0.25, 0.3) is 10.8 Å². The van der Waals surface area contributed by atoms with E-state index in [9.17, 15) is 0 Å². The van der Waals surface area contributed by atoms with Gasteiger partial charge in [-0.1, -0.05) is 36.4 Å². The van der Waals surface area contributed by atoms with Crippen LogP contribution >= 0.6 is 0 Å². The van der Waals surface area contributed by atoms with Crippen molar-refractivity contribution in [3.05, 3.63) is 72.3 Å². The van der Waals surface area contributed by atoms with Crippen LogP contribution in [0, 0.1) is 0 Å². The van der Waals surface area contributed by atoms with E-state index in [-0.39, 0.29) is 0 Å². The van der Waals surface area contributed by atoms with Crippen LogP contribution in [0.2, 0.25) is 0 Å². The van der Waals surface area contributed by atoms with Gasteiger partial charge >= 0.3 is 0 Å². The van der Waals surface area contributed by atoms with Gasteiger partial charge in [0.25, 0.3) is 0 Å². The molecule has 104 valence electrons. The van der Waals surface area contributed by atoms with E-state index < -0.39 is 0 Å². The van der Waals surface area contributed by atoms with Crippen molar-refractivity contribution in [2.45, 2.75) is 6.04 Å². The van der Waals surface area contributed by atoms with E-state index >= 15 is 0 Å². The van der Waals surface area contributed by atoms with E-state index in [0.717, 1.165) is 12.3 Å². The van der Waals surface area contributed by atoms with Crippen molar-refractivity contribution >= 4 is 16.5 Å². The monoisotopic (exact) mass is 275 g/mol. The molecule has 1 saturated heterocycles. The molecular formula is C19H17NO. The van der Waals surface area contributed by atoms with Gasteiger partial charge in [0.1, 0.15) is 5.75 Å². The van der Waals surface area contributed by atoms with E-state index in [0.29, 0.717) is 6.04 Å². The third-order valence-electron chi connectivity index (χ3n) is 4.17. The number of anilines is 1. The molecule has 0 aliphatic carbocycles. The summed E-state index contributed by atoms with van der Waals surface area (Å²) in [5, 5.41) is 2.62. The largest absolute Gasteiger partial charge is 0.497 e. The highest BCUT2D eigenvalue weighted by Crippen LogP contribution is 2.40. The highest BCUT2D eigenvalue weighted by atomic mass is 16.5. The number of methoxy groups -OCH3 is 1. The molecular weight excluding hydrogens is 258 g/mol. The summed E-state index contributed by atoms with van der Waals surface area (Å²) in [7, 11) is 1.70. The molecule has 0 aromatic heterocycles. The van der Waals surface area contributed by atoms with Gasteiger partial charge in [0.2, 0.25) is 0 Å². The van der Waals surface area contributed by atoms with Crippen molar-refractivity contribution in [1.82, 2.24) is 0 Å². The van der Waals surface area contributed by atoms with Crippen molar-refractivity contribution in [3.8, 4) is 5.75 Å². The quantitative estimate of drug-likeness (QED) is 0.656. The van der Waals surface area contributed by atoms with Crippen LogP contribution in [0.3, 0.4) is 0 Å². The van der Waals surface area contributed by atoms with Gasteiger partial charge in [-0.25, -0.2) is 0 Å². The molecule has 0 saturated carbocycles. The Kier molecular flexibility index (Phi) is 2.81. The average Bonchev–Trinajstić information content (AvgIpc) is 3.35. The smallest absolute Gasteiger partial charge is 0.119 e. The van der Waals surface area contributed by atoms with Crippen LogP contribution in [-0.2, 0) is 0 Å². The molecule has 3 aromatic rings. The minimum Gasteiger partial charge on any atom is -0.497 e. The van der Waals surface area contributed by atoms with E-state index in [4.69, 9.17) is 4.74 Å². The third kappa shape index (κ3) is 2.23. The summed E-state index contributed by atoms with van der Waals surface area (Å²) in [5.41, 5.74) is 2.65. The van der Waals surface area contributed by atoms with Gasteiger partial charge in [-0.05, 0) is 46.7 Å². The molecule has 0 N–H and O–H groups in total. The number of fused-ring (bicyclic) bond motifs is 1. The molecule has 1 aliphatic heterocycles. The summed E-state index contributed by atoms with van der Waals surface area (Å²) in [6, 6.07) is 24.1. The van der Waals surface area contributed by atoms with Crippen molar-refractivity contribution in [2.24, 2.45) is 0 Å². The summed E-state index contributed by atoms with van der Waals surface area (Å²) >= 11 is 0. The number of benzene rings is 3. The van der Waals surface area contributed by atoms with Crippen molar-refractivity contribution in [2.75, 3.05) is 18.6 Å². The average molecular weight is 275 g/mol. The highest BCUT2D eigenvalue weighted by molar-refractivity contribution is 5.83. The maximum absolute atomic E-state index is 5.21. The van der Waals surface area contributed by atoms with Crippen LogP contribution in [0.4, 0.5) is 5.69 Å². The molecule has 1 heterocycles. The number of rotatable bonds is 3. The first kappa shape index (κ1) is 12.3. The molecule has 2 heteroatoms. The Hall–Kier alpha value is -2.48. The molecule has 1 fully saturated rings. The molecule has 0 spiro atoms. The van der Waals surface area contributed by atoms with Crippen LogP contribution in [0.5, 0.6) is 5.75 Å². The minimum atomic E-state index is 0.503. The molecule has 3 aromatic carbocycles. The van der Waals surface area contributed by atoms with Crippen LogP contribution in [0.15, 0.2) is 66.7 Å². The number of hydrogen-bond acceptors (Lipinski definition) is 2. The first-order valence-corrected chi connectivity index (χ1v) is 7.24. The number of ether oxygens (including phenoxy) is 1. The predicted molar refractivity (Wildman–Crippen MR) is 87.0 cm³/mol. The molecule has 0 bridgehead atoms. The molecule has 0 radical (unpaired) electrons. The Balaban J connectivity index is 1.59. The molecule has 2 nitrogen and oxygen atoms in total. The summed E-state index contributed by atoms with van der Waals surface area (Å²) < 4.78 is 5.21. The zero-order valence-corrected chi connectivity index (χ0v) is 12.0. The number of nitrogens with zero attached hydrogens (tertiary/aromatic N) is 1. The van der Waals surface area contributed by atoms with E-state index in [1.54, 1.807) is 7.11 Å². The van der Waals surface area contributed by atoms with Gasteiger partial charge in [0.15, 0.2) is 0 Å². The maximum Gasteiger partial charge on any atom is 0.119 e. The fraction of sp³-hybridized carbons (Fsp3) is 0.158. The Morgan fingerprint density at radius 2 is 1.67 bits per heavy atom. The maximum atomic E-state index is 5.21. The zero-order valence-electron chi connectivity index (χ0n) is 12.0. The predicted octanol–water partition coefficient (Wildman–Crippen LogP) is 4.41.